The summed E-state index contributed by atoms with van der Waals surface area (Å²) in [6, 6.07) is 7.75. The molecular weight excluding hydrogens is 336 g/mol. The van der Waals surface area contributed by atoms with Crippen LogP contribution in [-0.2, 0) is 9.59 Å². The van der Waals surface area contributed by atoms with Gasteiger partial charge in [0.2, 0.25) is 11.8 Å². The first kappa shape index (κ1) is 16.1. The van der Waals surface area contributed by atoms with Crippen molar-refractivity contribution in [3.05, 3.63) is 52.6 Å². The van der Waals surface area contributed by atoms with Gasteiger partial charge in [0.05, 0.1) is 6.26 Å². The van der Waals surface area contributed by atoms with Crippen LogP contribution in [0.3, 0.4) is 0 Å². The van der Waals surface area contributed by atoms with E-state index in [-0.39, 0.29) is 17.7 Å². The topological polar surface area (TPSA) is 53.8 Å². The van der Waals surface area contributed by atoms with E-state index in [2.05, 4.69) is 11.4 Å². The molecule has 4 rings (SSSR count). The fourth-order valence-electron chi connectivity index (χ4n) is 3.31. The third-order valence-corrected chi connectivity index (χ3v) is 5.86. The van der Waals surface area contributed by atoms with Crippen molar-refractivity contribution < 1.29 is 14.0 Å². The molecule has 6 heteroatoms. The molecule has 25 heavy (non-hydrogen) atoms. The van der Waals surface area contributed by atoms with E-state index >= 15 is 0 Å². The highest BCUT2D eigenvalue weighted by atomic mass is 32.1. The number of carbonyl (C=O) groups is 2. The zero-order valence-electron chi connectivity index (χ0n) is 13.8. The standard InChI is InChI=1S/C19H20N2O3S/c22-18(6-5-14-3-1-11-24-14)20-7-9-21(10-8-20)19(23)16-13-15(16)17-4-2-12-25-17/h1-6,11-12,15-16H,7-10,13H2/b6-5+/t15-,16+/m1/s1. The van der Waals surface area contributed by atoms with Crippen LogP contribution in [0.2, 0.25) is 0 Å². The molecule has 2 amide bonds. The summed E-state index contributed by atoms with van der Waals surface area (Å²) in [5.41, 5.74) is 0. The van der Waals surface area contributed by atoms with Gasteiger partial charge in [0, 0.05) is 49.0 Å². The molecule has 0 radical (unpaired) electrons. The van der Waals surface area contributed by atoms with Crippen molar-refractivity contribution >= 4 is 29.2 Å². The summed E-state index contributed by atoms with van der Waals surface area (Å²) in [6.45, 7) is 2.41. The lowest BCUT2D eigenvalue weighted by molar-refractivity contribution is -0.138. The molecule has 2 aromatic rings. The molecule has 5 nitrogen and oxygen atoms in total. The lowest BCUT2D eigenvalue weighted by atomic mass is 10.2. The second-order valence-electron chi connectivity index (χ2n) is 6.46. The van der Waals surface area contributed by atoms with Gasteiger partial charge in [-0.1, -0.05) is 6.07 Å². The molecule has 3 heterocycles. The zero-order chi connectivity index (χ0) is 17.2. The molecule has 1 aliphatic carbocycles. The average molecular weight is 356 g/mol. The van der Waals surface area contributed by atoms with E-state index in [1.165, 1.54) is 11.0 Å². The van der Waals surface area contributed by atoms with E-state index in [4.69, 9.17) is 4.42 Å². The number of carbonyl (C=O) groups excluding carboxylic acids is 2. The molecule has 2 aliphatic rings. The number of rotatable bonds is 4. The Morgan fingerprint density at radius 2 is 1.92 bits per heavy atom. The molecule has 0 bridgehead atoms. The fourth-order valence-corrected chi connectivity index (χ4v) is 4.22. The molecule has 1 aliphatic heterocycles. The van der Waals surface area contributed by atoms with Gasteiger partial charge in [-0.3, -0.25) is 9.59 Å². The lowest BCUT2D eigenvalue weighted by Gasteiger charge is -2.34. The van der Waals surface area contributed by atoms with Gasteiger partial charge in [0.15, 0.2) is 0 Å². The predicted octanol–water partition coefficient (Wildman–Crippen LogP) is 2.83. The normalized spacial score (nSPS) is 23.2. The van der Waals surface area contributed by atoms with Crippen molar-refractivity contribution in [3.63, 3.8) is 0 Å². The third kappa shape index (κ3) is 3.54. The van der Waals surface area contributed by atoms with Crippen LogP contribution >= 0.6 is 11.3 Å². The molecule has 0 aromatic carbocycles. The molecule has 0 N–H and O–H groups in total. The maximum absolute atomic E-state index is 12.6. The van der Waals surface area contributed by atoms with E-state index < -0.39 is 0 Å². The molecule has 2 fully saturated rings. The van der Waals surface area contributed by atoms with Crippen LogP contribution in [0, 0.1) is 5.92 Å². The quantitative estimate of drug-likeness (QED) is 0.792. The zero-order valence-corrected chi connectivity index (χ0v) is 14.7. The van der Waals surface area contributed by atoms with E-state index in [1.54, 1.807) is 40.7 Å². The van der Waals surface area contributed by atoms with Crippen LogP contribution in [-0.4, -0.2) is 47.8 Å². The smallest absolute Gasteiger partial charge is 0.246 e. The van der Waals surface area contributed by atoms with Crippen molar-refractivity contribution in [2.75, 3.05) is 26.2 Å². The van der Waals surface area contributed by atoms with Crippen LogP contribution in [0.25, 0.3) is 6.08 Å². The Balaban J connectivity index is 1.27. The van der Waals surface area contributed by atoms with Gasteiger partial charge in [0.25, 0.3) is 0 Å². The number of thiophene rings is 1. The highest BCUT2D eigenvalue weighted by Crippen LogP contribution is 2.50. The summed E-state index contributed by atoms with van der Waals surface area (Å²) in [5, 5.41) is 2.07. The van der Waals surface area contributed by atoms with Gasteiger partial charge in [-0.2, -0.15) is 0 Å². The number of furan rings is 1. The fraction of sp³-hybridized carbons (Fsp3) is 0.368. The maximum atomic E-state index is 12.6. The predicted molar refractivity (Wildman–Crippen MR) is 96.1 cm³/mol. The van der Waals surface area contributed by atoms with Gasteiger partial charge < -0.3 is 14.2 Å². The molecule has 1 saturated carbocycles. The molecular formula is C19H20N2O3S. The monoisotopic (exact) mass is 356 g/mol. The van der Waals surface area contributed by atoms with E-state index in [1.807, 2.05) is 11.0 Å². The SMILES string of the molecule is O=C(/C=C/c1ccco1)N1CCN(C(=O)[C@H]2C[C@H]2c2cccs2)CC1. The summed E-state index contributed by atoms with van der Waals surface area (Å²) in [7, 11) is 0. The second-order valence-corrected chi connectivity index (χ2v) is 7.44. The summed E-state index contributed by atoms with van der Waals surface area (Å²) in [5.74, 6) is 1.42. The number of hydrogen-bond donors (Lipinski definition) is 0. The molecule has 2 atom stereocenters. The summed E-state index contributed by atoms with van der Waals surface area (Å²) < 4.78 is 5.18. The van der Waals surface area contributed by atoms with Gasteiger partial charge in [-0.25, -0.2) is 0 Å². The van der Waals surface area contributed by atoms with Crippen molar-refractivity contribution in [2.45, 2.75) is 12.3 Å². The van der Waals surface area contributed by atoms with Crippen molar-refractivity contribution in [1.82, 2.24) is 9.80 Å². The number of piperazine rings is 1. The molecule has 130 valence electrons. The highest BCUT2D eigenvalue weighted by molar-refractivity contribution is 7.10. The first-order chi connectivity index (χ1) is 12.2. The summed E-state index contributed by atoms with van der Waals surface area (Å²) in [6.07, 6.45) is 5.75. The second kappa shape index (κ2) is 6.88. The van der Waals surface area contributed by atoms with E-state index in [0.29, 0.717) is 37.9 Å². The van der Waals surface area contributed by atoms with Crippen LogP contribution in [0.5, 0.6) is 0 Å². The van der Waals surface area contributed by atoms with Crippen LogP contribution in [0.4, 0.5) is 0 Å². The molecule has 0 spiro atoms. The van der Waals surface area contributed by atoms with Crippen LogP contribution in [0.1, 0.15) is 23.0 Å². The Hall–Kier alpha value is -2.34. The number of hydrogen-bond acceptors (Lipinski definition) is 4. The Bertz CT molecular complexity index is 759. The Labute approximate surface area is 150 Å². The Morgan fingerprint density at radius 3 is 2.60 bits per heavy atom. The minimum absolute atomic E-state index is 0.0358. The third-order valence-electron chi connectivity index (χ3n) is 4.85. The van der Waals surface area contributed by atoms with Crippen LogP contribution < -0.4 is 0 Å². The summed E-state index contributed by atoms with van der Waals surface area (Å²) >= 11 is 1.73. The van der Waals surface area contributed by atoms with Crippen molar-refractivity contribution in [3.8, 4) is 0 Å². The van der Waals surface area contributed by atoms with E-state index in [9.17, 15) is 9.59 Å². The van der Waals surface area contributed by atoms with Gasteiger partial charge >= 0.3 is 0 Å². The number of nitrogens with zero attached hydrogens (tertiary/aromatic N) is 2. The van der Waals surface area contributed by atoms with Gasteiger partial charge in [-0.15, -0.1) is 11.3 Å². The van der Waals surface area contributed by atoms with Crippen molar-refractivity contribution in [2.24, 2.45) is 5.92 Å². The molecule has 2 aromatic heterocycles. The maximum Gasteiger partial charge on any atom is 0.246 e. The van der Waals surface area contributed by atoms with Crippen LogP contribution in [0.15, 0.2) is 46.4 Å². The Kier molecular flexibility index (Phi) is 4.44. The highest BCUT2D eigenvalue weighted by Gasteiger charge is 2.46. The van der Waals surface area contributed by atoms with E-state index in [0.717, 1.165) is 6.42 Å². The average Bonchev–Trinajstić information content (AvgIpc) is 3.06. The minimum Gasteiger partial charge on any atom is -0.465 e. The van der Waals surface area contributed by atoms with Gasteiger partial charge in [0.1, 0.15) is 5.76 Å². The first-order valence-corrected chi connectivity index (χ1v) is 9.43. The molecule has 0 unspecified atom stereocenters. The summed E-state index contributed by atoms with van der Waals surface area (Å²) in [4.78, 5) is 29.9. The lowest BCUT2D eigenvalue weighted by Crippen LogP contribution is -2.50. The Morgan fingerprint density at radius 1 is 1.12 bits per heavy atom. The molecule has 1 saturated heterocycles. The minimum atomic E-state index is -0.0358. The van der Waals surface area contributed by atoms with Gasteiger partial charge in [-0.05, 0) is 36.1 Å². The largest absolute Gasteiger partial charge is 0.465 e. The number of amides is 2. The van der Waals surface area contributed by atoms with Crippen molar-refractivity contribution in [1.29, 1.82) is 0 Å². The first-order valence-electron chi connectivity index (χ1n) is 8.55.